The Morgan fingerprint density at radius 3 is 2.43 bits per heavy atom. The van der Waals surface area contributed by atoms with Crippen molar-refractivity contribution in [3.8, 4) is 0 Å². The monoisotopic (exact) mass is 388 g/mol. The maximum absolute atomic E-state index is 12.0. The van der Waals surface area contributed by atoms with Crippen LogP contribution in [0.15, 0.2) is 52.1 Å². The van der Waals surface area contributed by atoms with E-state index in [2.05, 4.69) is 20.9 Å². The Labute approximate surface area is 135 Å². The molecule has 0 fully saturated rings. The summed E-state index contributed by atoms with van der Waals surface area (Å²) in [5.41, 5.74) is 0.704. The number of benzene rings is 1. The van der Waals surface area contributed by atoms with Crippen LogP contribution in [0.3, 0.4) is 0 Å². The number of aromatic nitrogens is 1. The molecule has 0 aliphatic carbocycles. The van der Waals surface area contributed by atoms with Gasteiger partial charge in [-0.15, -0.1) is 0 Å². The second kappa shape index (κ2) is 6.55. The van der Waals surface area contributed by atoms with Crippen molar-refractivity contribution >= 4 is 43.5 Å². The first-order valence-electron chi connectivity index (χ1n) is 5.78. The number of hydrogen-bond donors (Lipinski definition) is 1. The Morgan fingerprint density at radius 1 is 1.19 bits per heavy atom. The molecule has 21 heavy (non-hydrogen) atoms. The number of hydrogen-bond acceptors (Lipinski definition) is 4. The van der Waals surface area contributed by atoms with Crippen LogP contribution < -0.4 is 4.72 Å². The summed E-state index contributed by atoms with van der Waals surface area (Å²) in [6.07, 6.45) is 1.16. The standard InChI is InChI=1S/C13H10BrClN2O3S/c14-10-3-1-9(2-4-10)7-12(18)17-21(19,20)13-6-5-11(15)8-16-13/h1-6,8H,7H2,(H,17,18). The normalized spacial score (nSPS) is 11.1. The van der Waals surface area contributed by atoms with E-state index in [9.17, 15) is 13.2 Å². The highest BCUT2D eigenvalue weighted by Crippen LogP contribution is 2.12. The number of pyridine rings is 1. The van der Waals surface area contributed by atoms with Crippen LogP contribution in [-0.4, -0.2) is 19.3 Å². The highest BCUT2D eigenvalue weighted by atomic mass is 79.9. The van der Waals surface area contributed by atoms with Gasteiger partial charge in [-0.2, -0.15) is 8.42 Å². The lowest BCUT2D eigenvalue weighted by molar-refractivity contribution is -0.118. The van der Waals surface area contributed by atoms with Crippen molar-refractivity contribution in [3.05, 3.63) is 57.7 Å². The first-order valence-corrected chi connectivity index (χ1v) is 8.44. The van der Waals surface area contributed by atoms with E-state index < -0.39 is 15.9 Å². The van der Waals surface area contributed by atoms with Crippen LogP contribution in [0.25, 0.3) is 0 Å². The van der Waals surface area contributed by atoms with E-state index in [-0.39, 0.29) is 11.4 Å². The van der Waals surface area contributed by atoms with Gasteiger partial charge in [-0.1, -0.05) is 39.7 Å². The Hall–Kier alpha value is -1.44. The summed E-state index contributed by atoms with van der Waals surface area (Å²) in [6, 6.07) is 9.64. The largest absolute Gasteiger partial charge is 0.281 e. The van der Waals surface area contributed by atoms with Crippen molar-refractivity contribution in [3.63, 3.8) is 0 Å². The van der Waals surface area contributed by atoms with E-state index >= 15 is 0 Å². The highest BCUT2D eigenvalue weighted by molar-refractivity contribution is 9.10. The lowest BCUT2D eigenvalue weighted by Gasteiger charge is -2.06. The average molecular weight is 390 g/mol. The predicted molar refractivity (Wildman–Crippen MR) is 82.4 cm³/mol. The fourth-order valence-corrected chi connectivity index (χ4v) is 2.84. The topological polar surface area (TPSA) is 76.1 Å². The van der Waals surface area contributed by atoms with Gasteiger partial charge >= 0.3 is 0 Å². The van der Waals surface area contributed by atoms with E-state index in [1.54, 1.807) is 24.3 Å². The minimum atomic E-state index is -3.98. The maximum Gasteiger partial charge on any atom is 0.281 e. The zero-order chi connectivity index (χ0) is 15.5. The molecule has 2 rings (SSSR count). The molecule has 0 bridgehead atoms. The summed E-state index contributed by atoms with van der Waals surface area (Å²) in [7, 11) is -3.98. The first-order chi connectivity index (χ1) is 9.87. The van der Waals surface area contributed by atoms with Crippen LogP contribution in [0.1, 0.15) is 5.56 Å². The lowest BCUT2D eigenvalue weighted by Crippen LogP contribution is -2.32. The molecule has 1 aromatic heterocycles. The Balaban J connectivity index is 2.07. The van der Waals surface area contributed by atoms with Crippen molar-refractivity contribution in [1.29, 1.82) is 0 Å². The number of nitrogens with zero attached hydrogens (tertiary/aromatic N) is 1. The highest BCUT2D eigenvalue weighted by Gasteiger charge is 2.19. The molecule has 1 aromatic carbocycles. The summed E-state index contributed by atoms with van der Waals surface area (Å²) >= 11 is 8.92. The van der Waals surface area contributed by atoms with Crippen LogP contribution in [-0.2, 0) is 21.2 Å². The van der Waals surface area contributed by atoms with Crippen molar-refractivity contribution < 1.29 is 13.2 Å². The fourth-order valence-electron chi connectivity index (χ4n) is 1.55. The molecule has 0 aliphatic heterocycles. The number of sulfonamides is 1. The van der Waals surface area contributed by atoms with Crippen molar-refractivity contribution in [2.75, 3.05) is 0 Å². The summed E-state index contributed by atoms with van der Waals surface area (Å²) in [4.78, 5) is 15.5. The van der Waals surface area contributed by atoms with E-state index in [1.165, 1.54) is 18.3 Å². The molecule has 1 heterocycles. The minimum absolute atomic E-state index is 0.0416. The van der Waals surface area contributed by atoms with Crippen LogP contribution in [0.4, 0.5) is 0 Å². The minimum Gasteiger partial charge on any atom is -0.274 e. The number of halogens is 2. The third kappa shape index (κ3) is 4.52. The molecule has 0 aliphatic rings. The van der Waals surface area contributed by atoms with Gasteiger partial charge in [0.2, 0.25) is 5.91 Å². The molecule has 2 aromatic rings. The summed E-state index contributed by atoms with van der Waals surface area (Å²) in [5.74, 6) is -0.630. The molecule has 110 valence electrons. The Bertz CT molecular complexity index is 746. The number of carbonyl (C=O) groups is 1. The van der Waals surface area contributed by atoms with E-state index in [0.29, 0.717) is 10.6 Å². The molecular formula is C13H10BrClN2O3S. The first kappa shape index (κ1) is 15.9. The molecule has 0 unspecified atom stereocenters. The predicted octanol–water partition coefficient (Wildman–Crippen LogP) is 2.55. The van der Waals surface area contributed by atoms with Crippen molar-refractivity contribution in [2.24, 2.45) is 0 Å². The number of nitrogens with one attached hydrogen (secondary N) is 1. The number of amides is 1. The Kier molecular flexibility index (Phi) is 4.97. The van der Waals surface area contributed by atoms with Crippen LogP contribution in [0.2, 0.25) is 5.02 Å². The van der Waals surface area contributed by atoms with Gasteiger partial charge < -0.3 is 0 Å². The molecule has 0 saturated carbocycles. The van der Waals surface area contributed by atoms with E-state index in [4.69, 9.17) is 11.6 Å². The second-order valence-electron chi connectivity index (χ2n) is 4.15. The maximum atomic E-state index is 12.0. The van der Waals surface area contributed by atoms with Gasteiger partial charge in [-0.25, -0.2) is 9.71 Å². The molecule has 0 atom stereocenters. The molecule has 0 radical (unpaired) electrons. The quantitative estimate of drug-likeness (QED) is 0.872. The molecule has 1 amide bonds. The van der Waals surface area contributed by atoms with Crippen LogP contribution in [0, 0.1) is 0 Å². The molecular weight excluding hydrogens is 380 g/mol. The van der Waals surface area contributed by atoms with Gasteiger partial charge in [-0.3, -0.25) is 4.79 Å². The molecule has 1 N–H and O–H groups in total. The molecule has 5 nitrogen and oxygen atoms in total. The van der Waals surface area contributed by atoms with Crippen LogP contribution in [0.5, 0.6) is 0 Å². The average Bonchev–Trinajstić information content (AvgIpc) is 2.41. The van der Waals surface area contributed by atoms with Gasteiger partial charge in [-0.05, 0) is 29.8 Å². The molecule has 0 spiro atoms. The van der Waals surface area contributed by atoms with E-state index in [0.717, 1.165) is 4.47 Å². The Morgan fingerprint density at radius 2 is 1.86 bits per heavy atom. The molecule has 8 heteroatoms. The van der Waals surface area contributed by atoms with Crippen molar-refractivity contribution in [1.82, 2.24) is 9.71 Å². The van der Waals surface area contributed by atoms with Gasteiger partial charge in [0.15, 0.2) is 5.03 Å². The fraction of sp³-hybridized carbons (Fsp3) is 0.0769. The second-order valence-corrected chi connectivity index (χ2v) is 7.13. The van der Waals surface area contributed by atoms with E-state index in [1.807, 2.05) is 4.72 Å². The van der Waals surface area contributed by atoms with Gasteiger partial charge in [0.1, 0.15) is 0 Å². The zero-order valence-electron chi connectivity index (χ0n) is 10.6. The number of rotatable bonds is 4. The lowest BCUT2D eigenvalue weighted by atomic mass is 10.1. The summed E-state index contributed by atoms with van der Waals surface area (Å²) in [6.45, 7) is 0. The third-order valence-corrected chi connectivity index (χ3v) is 4.54. The molecule has 0 saturated heterocycles. The third-order valence-electron chi connectivity index (χ3n) is 2.50. The van der Waals surface area contributed by atoms with Gasteiger partial charge in [0, 0.05) is 10.7 Å². The number of carbonyl (C=O) groups excluding carboxylic acids is 1. The SMILES string of the molecule is O=C(Cc1ccc(Br)cc1)NS(=O)(=O)c1ccc(Cl)cn1. The van der Waals surface area contributed by atoms with Gasteiger partial charge in [0.25, 0.3) is 10.0 Å². The zero-order valence-corrected chi connectivity index (χ0v) is 13.7. The van der Waals surface area contributed by atoms with Crippen molar-refractivity contribution in [2.45, 2.75) is 11.4 Å². The van der Waals surface area contributed by atoms with Gasteiger partial charge in [0.05, 0.1) is 11.4 Å². The van der Waals surface area contributed by atoms with Crippen LogP contribution >= 0.6 is 27.5 Å². The smallest absolute Gasteiger partial charge is 0.274 e. The summed E-state index contributed by atoms with van der Waals surface area (Å²) < 4.78 is 26.8. The summed E-state index contributed by atoms with van der Waals surface area (Å²) in [5, 5.41) is 0.0613.